The van der Waals surface area contributed by atoms with E-state index in [4.69, 9.17) is 9.47 Å². The summed E-state index contributed by atoms with van der Waals surface area (Å²) in [6, 6.07) is 8.07. The minimum absolute atomic E-state index is 0.604. The maximum atomic E-state index is 5.71. The van der Waals surface area contributed by atoms with Gasteiger partial charge in [0.1, 0.15) is 12.4 Å². The first-order chi connectivity index (χ1) is 10.8. The second-order valence-corrected chi connectivity index (χ2v) is 4.90. The number of nitrogens with zero attached hydrogens (tertiary/aromatic N) is 1. The maximum Gasteiger partial charge on any atom is 0.191 e. The summed E-state index contributed by atoms with van der Waals surface area (Å²) in [5.41, 5.74) is 1.20. The molecule has 0 spiro atoms. The van der Waals surface area contributed by atoms with Crippen molar-refractivity contribution in [3.63, 3.8) is 0 Å². The van der Waals surface area contributed by atoms with Crippen LogP contribution in [0.1, 0.15) is 25.8 Å². The van der Waals surface area contributed by atoms with Gasteiger partial charge in [0.05, 0.1) is 6.54 Å². The van der Waals surface area contributed by atoms with Crippen molar-refractivity contribution in [1.29, 1.82) is 0 Å². The van der Waals surface area contributed by atoms with Gasteiger partial charge >= 0.3 is 0 Å². The largest absolute Gasteiger partial charge is 0.492 e. The van der Waals surface area contributed by atoms with Gasteiger partial charge in [0.15, 0.2) is 5.96 Å². The fourth-order valence-corrected chi connectivity index (χ4v) is 1.89. The zero-order chi connectivity index (χ0) is 16.0. The van der Waals surface area contributed by atoms with E-state index in [0.29, 0.717) is 13.2 Å². The Kier molecular flexibility index (Phi) is 9.87. The molecule has 5 heteroatoms. The molecule has 0 aromatic heterocycles. The van der Waals surface area contributed by atoms with Gasteiger partial charge in [0.25, 0.3) is 0 Å². The molecule has 0 aliphatic rings. The molecule has 1 aromatic carbocycles. The first-order valence-corrected chi connectivity index (χ1v) is 8.05. The van der Waals surface area contributed by atoms with E-state index in [9.17, 15) is 0 Å². The van der Waals surface area contributed by atoms with E-state index in [-0.39, 0.29) is 0 Å². The number of benzene rings is 1. The molecule has 22 heavy (non-hydrogen) atoms. The summed E-state index contributed by atoms with van der Waals surface area (Å²) < 4.78 is 11.0. The number of ether oxygens (including phenoxy) is 2. The number of nitrogens with one attached hydrogen (secondary N) is 2. The molecule has 0 amide bonds. The summed E-state index contributed by atoms with van der Waals surface area (Å²) in [4.78, 5) is 4.50. The lowest BCUT2D eigenvalue weighted by molar-refractivity contribution is 0.146. The van der Waals surface area contributed by atoms with Crippen molar-refractivity contribution in [3.8, 4) is 5.75 Å². The van der Waals surface area contributed by atoms with Crippen LogP contribution in [0.2, 0.25) is 0 Å². The third-order valence-electron chi connectivity index (χ3n) is 2.92. The average molecular weight is 307 g/mol. The Morgan fingerprint density at radius 3 is 2.77 bits per heavy atom. The summed E-state index contributed by atoms with van der Waals surface area (Å²) in [5.74, 6) is 1.73. The molecule has 0 saturated carbocycles. The molecule has 0 saturated heterocycles. The molecular formula is C17H29N3O2. The molecule has 5 nitrogen and oxygen atoms in total. The van der Waals surface area contributed by atoms with Crippen LogP contribution in [0.5, 0.6) is 5.75 Å². The topological polar surface area (TPSA) is 54.9 Å². The normalized spacial score (nSPS) is 11.3. The maximum absolute atomic E-state index is 5.71. The van der Waals surface area contributed by atoms with Crippen molar-refractivity contribution in [3.05, 3.63) is 29.8 Å². The number of hydrogen-bond acceptors (Lipinski definition) is 3. The van der Waals surface area contributed by atoms with Gasteiger partial charge in [-0.1, -0.05) is 12.1 Å². The lowest BCUT2D eigenvalue weighted by Crippen LogP contribution is -2.39. The van der Waals surface area contributed by atoms with E-state index in [2.05, 4.69) is 35.5 Å². The van der Waals surface area contributed by atoms with Crippen molar-refractivity contribution >= 4 is 5.96 Å². The van der Waals surface area contributed by atoms with Gasteiger partial charge < -0.3 is 20.1 Å². The Labute approximate surface area is 134 Å². The molecule has 1 aromatic rings. The van der Waals surface area contributed by atoms with Gasteiger partial charge in [-0.2, -0.15) is 0 Å². The first kappa shape index (κ1) is 18.3. The Bertz CT molecular complexity index is 436. The van der Waals surface area contributed by atoms with Crippen molar-refractivity contribution < 1.29 is 9.47 Å². The second-order valence-electron chi connectivity index (χ2n) is 4.90. The van der Waals surface area contributed by atoms with Crippen LogP contribution in [0.4, 0.5) is 0 Å². The minimum atomic E-state index is 0.604. The van der Waals surface area contributed by atoms with Crippen LogP contribution in [-0.2, 0) is 4.74 Å². The SMILES string of the molecule is CCNC(=NCCCOCC)NCCOc1cccc(C)c1. The van der Waals surface area contributed by atoms with Crippen LogP contribution in [0, 0.1) is 6.92 Å². The van der Waals surface area contributed by atoms with Gasteiger partial charge in [-0.25, -0.2) is 0 Å². The monoisotopic (exact) mass is 307 g/mol. The van der Waals surface area contributed by atoms with Crippen molar-refractivity contribution in [2.75, 3.05) is 39.5 Å². The highest BCUT2D eigenvalue weighted by Gasteiger charge is 1.98. The Hall–Kier alpha value is -1.75. The van der Waals surface area contributed by atoms with Crippen LogP contribution in [0.15, 0.2) is 29.3 Å². The fourth-order valence-electron chi connectivity index (χ4n) is 1.89. The number of aryl methyl sites for hydroxylation is 1. The number of hydrogen-bond donors (Lipinski definition) is 2. The molecule has 0 radical (unpaired) electrons. The molecule has 0 heterocycles. The smallest absolute Gasteiger partial charge is 0.191 e. The quantitative estimate of drug-likeness (QED) is 0.396. The van der Waals surface area contributed by atoms with Crippen molar-refractivity contribution in [2.24, 2.45) is 4.99 Å². The standard InChI is InChI=1S/C17H29N3O2/c1-4-18-17(19-10-7-12-21-5-2)20-11-13-22-16-9-6-8-15(3)14-16/h6,8-9,14H,4-5,7,10-13H2,1-3H3,(H2,18,19,20). The summed E-state index contributed by atoms with van der Waals surface area (Å²) in [6.07, 6.45) is 0.935. The summed E-state index contributed by atoms with van der Waals surface area (Å²) in [7, 11) is 0. The van der Waals surface area contributed by atoms with Gasteiger partial charge in [0.2, 0.25) is 0 Å². The lowest BCUT2D eigenvalue weighted by Gasteiger charge is -2.12. The van der Waals surface area contributed by atoms with Gasteiger partial charge in [-0.05, 0) is 44.9 Å². The van der Waals surface area contributed by atoms with E-state index in [1.54, 1.807) is 0 Å². The van der Waals surface area contributed by atoms with Crippen LogP contribution in [-0.4, -0.2) is 45.4 Å². The first-order valence-electron chi connectivity index (χ1n) is 8.05. The summed E-state index contributed by atoms with van der Waals surface area (Å²) >= 11 is 0. The molecule has 124 valence electrons. The third kappa shape index (κ3) is 8.52. The van der Waals surface area contributed by atoms with Crippen LogP contribution >= 0.6 is 0 Å². The molecule has 0 unspecified atom stereocenters. The van der Waals surface area contributed by atoms with Crippen LogP contribution < -0.4 is 15.4 Å². The van der Waals surface area contributed by atoms with E-state index in [1.807, 2.05) is 25.1 Å². The van der Waals surface area contributed by atoms with Gasteiger partial charge in [0, 0.05) is 26.3 Å². The summed E-state index contributed by atoms with van der Waals surface area (Å²) in [6.45, 7) is 10.6. The van der Waals surface area contributed by atoms with E-state index < -0.39 is 0 Å². The molecular weight excluding hydrogens is 278 g/mol. The predicted octanol–water partition coefficient (Wildman–Crippen LogP) is 2.36. The van der Waals surface area contributed by atoms with Crippen LogP contribution in [0.25, 0.3) is 0 Å². The number of aliphatic imine (C=N–C) groups is 1. The summed E-state index contributed by atoms with van der Waals surface area (Å²) in [5, 5.41) is 6.49. The molecule has 0 atom stereocenters. The third-order valence-corrected chi connectivity index (χ3v) is 2.92. The highest BCUT2D eigenvalue weighted by molar-refractivity contribution is 5.79. The van der Waals surface area contributed by atoms with E-state index >= 15 is 0 Å². The Balaban J connectivity index is 2.24. The van der Waals surface area contributed by atoms with Crippen LogP contribution in [0.3, 0.4) is 0 Å². The minimum Gasteiger partial charge on any atom is -0.492 e. The second kappa shape index (κ2) is 11.9. The molecule has 0 fully saturated rings. The zero-order valence-electron chi connectivity index (χ0n) is 14.0. The average Bonchev–Trinajstić information content (AvgIpc) is 2.51. The number of guanidine groups is 1. The Morgan fingerprint density at radius 2 is 2.05 bits per heavy atom. The molecule has 2 N–H and O–H groups in total. The predicted molar refractivity (Wildman–Crippen MR) is 91.8 cm³/mol. The highest BCUT2D eigenvalue weighted by Crippen LogP contribution is 2.11. The highest BCUT2D eigenvalue weighted by atomic mass is 16.5. The zero-order valence-corrected chi connectivity index (χ0v) is 14.0. The molecule has 0 bridgehead atoms. The Morgan fingerprint density at radius 1 is 1.18 bits per heavy atom. The van der Waals surface area contributed by atoms with Crippen molar-refractivity contribution in [1.82, 2.24) is 10.6 Å². The molecule has 0 aliphatic heterocycles. The number of rotatable bonds is 10. The van der Waals surface area contributed by atoms with E-state index in [1.165, 1.54) is 5.56 Å². The van der Waals surface area contributed by atoms with E-state index in [0.717, 1.165) is 44.4 Å². The lowest BCUT2D eigenvalue weighted by atomic mass is 10.2. The van der Waals surface area contributed by atoms with Gasteiger partial charge in [-0.3, -0.25) is 4.99 Å². The molecule has 0 aliphatic carbocycles. The van der Waals surface area contributed by atoms with Gasteiger partial charge in [-0.15, -0.1) is 0 Å². The fraction of sp³-hybridized carbons (Fsp3) is 0.588. The van der Waals surface area contributed by atoms with Crippen molar-refractivity contribution in [2.45, 2.75) is 27.2 Å². The molecule has 1 rings (SSSR count).